The van der Waals surface area contributed by atoms with Crippen molar-refractivity contribution in [2.24, 2.45) is 11.7 Å². The van der Waals surface area contributed by atoms with E-state index in [-0.39, 0.29) is 22.4 Å². The third kappa shape index (κ3) is 3.52. The molecule has 8 heteroatoms. The summed E-state index contributed by atoms with van der Waals surface area (Å²) < 4.78 is 31.9. The third-order valence-electron chi connectivity index (χ3n) is 3.59. The highest BCUT2D eigenvalue weighted by Crippen LogP contribution is 2.32. The van der Waals surface area contributed by atoms with E-state index < -0.39 is 10.0 Å². The van der Waals surface area contributed by atoms with Crippen LogP contribution in [-0.2, 0) is 21.3 Å². The molecular formula is C13H18Cl2N2O3S. The van der Waals surface area contributed by atoms with Gasteiger partial charge in [-0.2, -0.15) is 4.31 Å². The summed E-state index contributed by atoms with van der Waals surface area (Å²) in [6.45, 7) is 1.61. The summed E-state index contributed by atoms with van der Waals surface area (Å²) in [5.41, 5.74) is 6.14. The molecule has 1 aromatic carbocycles. The van der Waals surface area contributed by atoms with E-state index in [1.807, 2.05) is 0 Å². The van der Waals surface area contributed by atoms with Gasteiger partial charge in [0.2, 0.25) is 10.0 Å². The predicted octanol–water partition coefficient (Wildman–Crippen LogP) is 2.11. The topological polar surface area (TPSA) is 72.6 Å². The highest BCUT2D eigenvalue weighted by molar-refractivity contribution is 7.89. The molecule has 1 unspecified atom stereocenters. The van der Waals surface area contributed by atoms with Gasteiger partial charge >= 0.3 is 0 Å². The zero-order valence-corrected chi connectivity index (χ0v) is 14.0. The molecular weight excluding hydrogens is 335 g/mol. The van der Waals surface area contributed by atoms with Gasteiger partial charge in [0.15, 0.2) is 0 Å². The number of benzene rings is 1. The Morgan fingerprint density at radius 1 is 1.38 bits per heavy atom. The van der Waals surface area contributed by atoms with E-state index in [4.69, 9.17) is 33.7 Å². The van der Waals surface area contributed by atoms with Crippen LogP contribution in [0.5, 0.6) is 0 Å². The minimum absolute atomic E-state index is 0.0621. The number of nitrogens with zero attached hydrogens (tertiary/aromatic N) is 1. The van der Waals surface area contributed by atoms with Crippen molar-refractivity contribution in [3.8, 4) is 0 Å². The molecule has 1 aliphatic heterocycles. The van der Waals surface area contributed by atoms with E-state index >= 15 is 0 Å². The molecule has 0 aromatic heterocycles. The van der Waals surface area contributed by atoms with Gasteiger partial charge in [0, 0.05) is 31.8 Å². The monoisotopic (exact) mass is 352 g/mol. The SMILES string of the molecule is COCC1CCN(S(=O)(=O)c2cc(CN)c(Cl)cc2Cl)C1. The van der Waals surface area contributed by atoms with Crippen molar-refractivity contribution >= 4 is 33.2 Å². The molecule has 0 radical (unpaired) electrons. The van der Waals surface area contributed by atoms with Crippen molar-refractivity contribution < 1.29 is 13.2 Å². The Morgan fingerprint density at radius 3 is 2.71 bits per heavy atom. The van der Waals surface area contributed by atoms with E-state index in [0.29, 0.717) is 30.3 Å². The van der Waals surface area contributed by atoms with Gasteiger partial charge in [0.1, 0.15) is 4.90 Å². The molecule has 1 fully saturated rings. The second kappa shape index (κ2) is 6.81. The minimum atomic E-state index is -3.64. The normalized spacial score (nSPS) is 20.1. The van der Waals surface area contributed by atoms with Gasteiger partial charge in [-0.15, -0.1) is 0 Å². The number of rotatable bonds is 5. The summed E-state index contributed by atoms with van der Waals surface area (Å²) in [6, 6.07) is 2.89. The van der Waals surface area contributed by atoms with Crippen molar-refractivity contribution in [3.05, 3.63) is 27.7 Å². The first kappa shape index (κ1) is 17.0. The smallest absolute Gasteiger partial charge is 0.244 e. The molecule has 0 aliphatic carbocycles. The van der Waals surface area contributed by atoms with Crippen LogP contribution in [0, 0.1) is 5.92 Å². The number of methoxy groups -OCH3 is 1. The van der Waals surface area contributed by atoms with Crippen LogP contribution in [0.15, 0.2) is 17.0 Å². The standard InChI is InChI=1S/C13H18Cl2N2O3S/c1-20-8-9-2-3-17(7-9)21(18,19)13-4-10(6-16)11(14)5-12(13)15/h4-5,9H,2-3,6-8,16H2,1H3. The lowest BCUT2D eigenvalue weighted by Crippen LogP contribution is -2.29. The lowest BCUT2D eigenvalue weighted by atomic mass is 10.1. The second-order valence-corrected chi connectivity index (χ2v) is 7.77. The molecule has 0 amide bonds. The van der Waals surface area contributed by atoms with Crippen LogP contribution in [0.1, 0.15) is 12.0 Å². The van der Waals surface area contributed by atoms with Crippen molar-refractivity contribution in [1.29, 1.82) is 0 Å². The van der Waals surface area contributed by atoms with Gasteiger partial charge in [-0.25, -0.2) is 8.42 Å². The molecule has 1 heterocycles. The minimum Gasteiger partial charge on any atom is -0.384 e. The maximum absolute atomic E-state index is 12.7. The average molecular weight is 353 g/mol. The first-order chi connectivity index (χ1) is 9.90. The maximum atomic E-state index is 12.7. The average Bonchev–Trinajstić information content (AvgIpc) is 2.88. The Hall–Kier alpha value is -0.370. The predicted molar refractivity (Wildman–Crippen MR) is 83.1 cm³/mol. The Kier molecular flexibility index (Phi) is 5.51. The van der Waals surface area contributed by atoms with Gasteiger partial charge < -0.3 is 10.5 Å². The number of hydrogen-bond acceptors (Lipinski definition) is 4. The lowest BCUT2D eigenvalue weighted by molar-refractivity contribution is 0.157. The molecule has 5 nitrogen and oxygen atoms in total. The highest BCUT2D eigenvalue weighted by atomic mass is 35.5. The first-order valence-corrected chi connectivity index (χ1v) is 8.76. The summed E-state index contributed by atoms with van der Waals surface area (Å²) >= 11 is 12.0. The van der Waals surface area contributed by atoms with Crippen molar-refractivity contribution in [2.75, 3.05) is 26.8 Å². The highest BCUT2D eigenvalue weighted by Gasteiger charge is 2.34. The molecule has 0 bridgehead atoms. The Labute approximate surface area is 135 Å². The molecule has 0 saturated carbocycles. The van der Waals surface area contributed by atoms with Gasteiger partial charge in [-0.3, -0.25) is 0 Å². The molecule has 21 heavy (non-hydrogen) atoms. The van der Waals surface area contributed by atoms with E-state index in [9.17, 15) is 8.42 Å². The number of nitrogens with two attached hydrogens (primary N) is 1. The molecule has 1 atom stereocenters. The van der Waals surface area contributed by atoms with E-state index in [2.05, 4.69) is 0 Å². The zero-order chi connectivity index (χ0) is 15.6. The van der Waals surface area contributed by atoms with Crippen LogP contribution >= 0.6 is 23.2 Å². The number of sulfonamides is 1. The summed E-state index contributed by atoms with van der Waals surface area (Å²) in [5, 5.41) is 0.493. The molecule has 118 valence electrons. The molecule has 2 N–H and O–H groups in total. The molecule has 2 rings (SSSR count). The molecule has 1 aliphatic rings. The lowest BCUT2D eigenvalue weighted by Gasteiger charge is -2.18. The van der Waals surface area contributed by atoms with Crippen molar-refractivity contribution in [2.45, 2.75) is 17.9 Å². The van der Waals surface area contributed by atoms with Crippen LogP contribution in [-0.4, -0.2) is 39.5 Å². The van der Waals surface area contributed by atoms with Crippen molar-refractivity contribution in [1.82, 2.24) is 4.31 Å². The van der Waals surface area contributed by atoms with Gasteiger partial charge in [0.05, 0.1) is 11.6 Å². The zero-order valence-electron chi connectivity index (χ0n) is 11.7. The molecule has 0 spiro atoms. The van der Waals surface area contributed by atoms with Gasteiger partial charge in [0.25, 0.3) is 0 Å². The Bertz CT molecular complexity index is 622. The first-order valence-electron chi connectivity index (χ1n) is 6.57. The largest absolute Gasteiger partial charge is 0.384 e. The summed E-state index contributed by atoms with van der Waals surface area (Å²) in [4.78, 5) is 0.0621. The van der Waals surface area contributed by atoms with Crippen LogP contribution in [0.25, 0.3) is 0 Å². The number of halogens is 2. The number of ether oxygens (including phenoxy) is 1. The van der Waals surface area contributed by atoms with Crippen LogP contribution in [0.3, 0.4) is 0 Å². The fraction of sp³-hybridized carbons (Fsp3) is 0.538. The quantitative estimate of drug-likeness (QED) is 0.880. The summed E-state index contributed by atoms with van der Waals surface area (Å²) in [6.07, 6.45) is 0.780. The fourth-order valence-corrected chi connectivity index (χ4v) is 4.83. The maximum Gasteiger partial charge on any atom is 0.244 e. The molecule has 1 saturated heterocycles. The van der Waals surface area contributed by atoms with E-state index in [0.717, 1.165) is 6.42 Å². The van der Waals surface area contributed by atoms with Crippen LogP contribution in [0.2, 0.25) is 10.0 Å². The van der Waals surface area contributed by atoms with Crippen LogP contribution in [0.4, 0.5) is 0 Å². The van der Waals surface area contributed by atoms with Gasteiger partial charge in [-0.05, 0) is 30.0 Å². The molecule has 1 aromatic rings. The second-order valence-electron chi connectivity index (χ2n) is 5.05. The van der Waals surface area contributed by atoms with Crippen molar-refractivity contribution in [3.63, 3.8) is 0 Å². The summed E-state index contributed by atoms with van der Waals surface area (Å²) in [5.74, 6) is 0.213. The van der Waals surface area contributed by atoms with E-state index in [1.54, 1.807) is 7.11 Å². The number of hydrogen-bond donors (Lipinski definition) is 1. The van der Waals surface area contributed by atoms with E-state index in [1.165, 1.54) is 16.4 Å². The Morgan fingerprint density at radius 2 is 2.10 bits per heavy atom. The third-order valence-corrected chi connectivity index (χ3v) is 6.27. The van der Waals surface area contributed by atoms with Gasteiger partial charge in [-0.1, -0.05) is 23.2 Å². The van der Waals surface area contributed by atoms with Crippen LogP contribution < -0.4 is 5.73 Å². The summed E-state index contributed by atoms with van der Waals surface area (Å²) in [7, 11) is -2.03. The fourth-order valence-electron chi connectivity index (χ4n) is 2.45. The Balaban J connectivity index is 2.32.